The fourth-order valence-electron chi connectivity index (χ4n) is 1.90. The van der Waals surface area contributed by atoms with E-state index in [9.17, 15) is 0 Å². The Balaban J connectivity index is 1.79. The molecule has 2 aromatic heterocycles. The van der Waals surface area contributed by atoms with Gasteiger partial charge in [0.05, 0.1) is 27.5 Å². The van der Waals surface area contributed by atoms with Crippen LogP contribution in [0.4, 0.5) is 5.69 Å². The minimum Gasteiger partial charge on any atom is -0.380 e. The van der Waals surface area contributed by atoms with Gasteiger partial charge in [-0.05, 0) is 29.6 Å². The molecular weight excluding hydrogens is 313 g/mol. The van der Waals surface area contributed by atoms with Crippen LogP contribution >= 0.6 is 34.5 Å². The molecule has 102 valence electrons. The Morgan fingerprint density at radius 3 is 2.95 bits per heavy atom. The Kier molecular flexibility index (Phi) is 3.96. The minimum absolute atomic E-state index is 0.629. The minimum atomic E-state index is 0.629. The maximum absolute atomic E-state index is 6.13. The van der Waals surface area contributed by atoms with Crippen LogP contribution in [0.3, 0.4) is 0 Å². The summed E-state index contributed by atoms with van der Waals surface area (Å²) >= 11 is 13.8. The summed E-state index contributed by atoms with van der Waals surface area (Å²) in [5, 5.41) is 13.8. The van der Waals surface area contributed by atoms with Crippen molar-refractivity contribution in [2.75, 3.05) is 5.32 Å². The van der Waals surface area contributed by atoms with Crippen molar-refractivity contribution in [3.8, 4) is 10.6 Å². The van der Waals surface area contributed by atoms with Gasteiger partial charge in [-0.15, -0.1) is 11.3 Å². The van der Waals surface area contributed by atoms with Crippen LogP contribution in [0.5, 0.6) is 0 Å². The summed E-state index contributed by atoms with van der Waals surface area (Å²) in [6.45, 7) is 0.629. The van der Waals surface area contributed by atoms with Gasteiger partial charge in [-0.3, -0.25) is 5.10 Å². The summed E-state index contributed by atoms with van der Waals surface area (Å²) in [5.74, 6) is 0. The van der Waals surface area contributed by atoms with Gasteiger partial charge >= 0.3 is 0 Å². The van der Waals surface area contributed by atoms with Crippen molar-refractivity contribution < 1.29 is 0 Å². The molecule has 0 amide bonds. The zero-order chi connectivity index (χ0) is 13.9. The largest absolute Gasteiger partial charge is 0.380 e. The first kappa shape index (κ1) is 13.5. The Bertz CT molecular complexity index is 707. The molecule has 6 heteroatoms. The zero-order valence-corrected chi connectivity index (χ0v) is 12.7. The monoisotopic (exact) mass is 323 g/mol. The second-order valence-electron chi connectivity index (χ2n) is 4.23. The van der Waals surface area contributed by atoms with Crippen LogP contribution in [-0.4, -0.2) is 10.2 Å². The molecule has 3 rings (SSSR count). The predicted molar refractivity (Wildman–Crippen MR) is 85.7 cm³/mol. The van der Waals surface area contributed by atoms with E-state index >= 15 is 0 Å². The molecule has 0 aliphatic carbocycles. The number of benzene rings is 1. The van der Waals surface area contributed by atoms with E-state index in [1.807, 2.05) is 23.7 Å². The summed E-state index contributed by atoms with van der Waals surface area (Å²) in [6.07, 6.45) is 1.82. The van der Waals surface area contributed by atoms with E-state index in [-0.39, 0.29) is 0 Å². The van der Waals surface area contributed by atoms with Crippen LogP contribution in [0.2, 0.25) is 10.0 Å². The predicted octanol–water partition coefficient (Wildman–Crippen LogP) is 5.06. The number of aromatic amines is 1. The molecule has 0 spiro atoms. The molecule has 0 bridgehead atoms. The number of nitrogens with zero attached hydrogens (tertiary/aromatic N) is 1. The highest BCUT2D eigenvalue weighted by atomic mass is 35.5. The zero-order valence-electron chi connectivity index (χ0n) is 10.4. The van der Waals surface area contributed by atoms with Crippen molar-refractivity contribution in [1.29, 1.82) is 0 Å². The molecule has 20 heavy (non-hydrogen) atoms. The van der Waals surface area contributed by atoms with Crippen LogP contribution < -0.4 is 5.32 Å². The van der Waals surface area contributed by atoms with Gasteiger partial charge in [0.15, 0.2) is 0 Å². The summed E-state index contributed by atoms with van der Waals surface area (Å²) in [4.78, 5) is 1.16. The van der Waals surface area contributed by atoms with Gasteiger partial charge in [0.1, 0.15) is 0 Å². The maximum Gasteiger partial charge on any atom is 0.0799 e. The van der Waals surface area contributed by atoms with E-state index in [1.165, 1.54) is 0 Å². The summed E-state index contributed by atoms with van der Waals surface area (Å²) < 4.78 is 0. The smallest absolute Gasteiger partial charge is 0.0799 e. The highest BCUT2D eigenvalue weighted by molar-refractivity contribution is 7.13. The lowest BCUT2D eigenvalue weighted by Gasteiger charge is -2.08. The van der Waals surface area contributed by atoms with Gasteiger partial charge in [0.25, 0.3) is 0 Å². The third-order valence-corrected chi connectivity index (χ3v) is 4.34. The summed E-state index contributed by atoms with van der Waals surface area (Å²) in [6, 6.07) is 9.44. The average Bonchev–Trinajstić information content (AvgIpc) is 3.09. The second-order valence-corrected chi connectivity index (χ2v) is 6.02. The highest BCUT2D eigenvalue weighted by Gasteiger charge is 2.09. The number of halogens is 2. The summed E-state index contributed by atoms with van der Waals surface area (Å²) in [7, 11) is 0. The molecule has 3 aromatic rings. The van der Waals surface area contributed by atoms with Crippen molar-refractivity contribution in [3.05, 3.63) is 57.5 Å². The van der Waals surface area contributed by atoms with Crippen molar-refractivity contribution in [2.24, 2.45) is 0 Å². The number of hydrogen-bond acceptors (Lipinski definition) is 3. The van der Waals surface area contributed by atoms with Crippen LogP contribution in [0.15, 0.2) is 41.9 Å². The van der Waals surface area contributed by atoms with Crippen LogP contribution in [0, 0.1) is 0 Å². The molecule has 0 unspecified atom stereocenters. The van der Waals surface area contributed by atoms with E-state index in [1.54, 1.807) is 23.5 Å². The number of H-pyrrole nitrogens is 1. The number of aromatic nitrogens is 2. The molecule has 0 aliphatic rings. The Morgan fingerprint density at radius 2 is 2.15 bits per heavy atom. The molecule has 0 saturated carbocycles. The topological polar surface area (TPSA) is 40.7 Å². The lowest BCUT2D eigenvalue weighted by molar-refractivity contribution is 1.10. The molecule has 0 atom stereocenters. The summed E-state index contributed by atoms with van der Waals surface area (Å²) in [5.41, 5.74) is 2.94. The number of thiophene rings is 1. The first-order valence-electron chi connectivity index (χ1n) is 5.99. The Morgan fingerprint density at radius 1 is 1.25 bits per heavy atom. The van der Waals surface area contributed by atoms with Crippen LogP contribution in [0.1, 0.15) is 5.56 Å². The first-order valence-corrected chi connectivity index (χ1v) is 7.62. The maximum atomic E-state index is 6.13. The van der Waals surface area contributed by atoms with E-state index in [0.717, 1.165) is 21.8 Å². The van der Waals surface area contributed by atoms with Crippen LogP contribution in [-0.2, 0) is 6.54 Å². The van der Waals surface area contributed by atoms with E-state index in [2.05, 4.69) is 21.6 Å². The number of nitrogens with one attached hydrogen (secondary N) is 2. The molecule has 0 aliphatic heterocycles. The second kappa shape index (κ2) is 5.87. The molecule has 0 radical (unpaired) electrons. The van der Waals surface area contributed by atoms with Gasteiger partial charge in [-0.1, -0.05) is 29.3 Å². The van der Waals surface area contributed by atoms with Gasteiger partial charge in [0, 0.05) is 17.1 Å². The Hall–Kier alpha value is -1.49. The van der Waals surface area contributed by atoms with Crippen molar-refractivity contribution in [3.63, 3.8) is 0 Å². The van der Waals surface area contributed by atoms with Crippen LogP contribution in [0.25, 0.3) is 10.6 Å². The number of anilines is 1. The van der Waals surface area contributed by atoms with Crippen molar-refractivity contribution in [2.45, 2.75) is 6.54 Å². The molecule has 0 fully saturated rings. The van der Waals surface area contributed by atoms with Crippen molar-refractivity contribution in [1.82, 2.24) is 10.2 Å². The average molecular weight is 324 g/mol. The third kappa shape index (κ3) is 2.82. The SMILES string of the molecule is Clc1ccc(Cl)c(NCc2cn[nH]c2-c2cccs2)c1. The lowest BCUT2D eigenvalue weighted by atomic mass is 10.2. The van der Waals surface area contributed by atoms with Crippen molar-refractivity contribution >= 4 is 40.2 Å². The first-order chi connectivity index (χ1) is 9.74. The molecule has 3 nitrogen and oxygen atoms in total. The normalized spacial score (nSPS) is 10.7. The Labute approximate surface area is 130 Å². The lowest BCUT2D eigenvalue weighted by Crippen LogP contribution is -2.00. The number of hydrogen-bond donors (Lipinski definition) is 2. The molecule has 0 saturated heterocycles. The fourth-order valence-corrected chi connectivity index (χ4v) is 3.01. The molecule has 2 heterocycles. The highest BCUT2D eigenvalue weighted by Crippen LogP contribution is 2.29. The van der Waals surface area contributed by atoms with Gasteiger partial charge in [0.2, 0.25) is 0 Å². The van der Waals surface area contributed by atoms with Gasteiger partial charge in [-0.2, -0.15) is 5.10 Å². The molecule has 1 aromatic carbocycles. The van der Waals surface area contributed by atoms with E-state index < -0.39 is 0 Å². The standard InChI is InChI=1S/C14H11Cl2N3S/c15-10-3-4-11(16)12(6-10)17-7-9-8-18-19-14(9)13-2-1-5-20-13/h1-6,8,17H,7H2,(H,18,19). The molecular formula is C14H11Cl2N3S. The fraction of sp³-hybridized carbons (Fsp3) is 0.0714. The quantitative estimate of drug-likeness (QED) is 0.704. The van der Waals surface area contributed by atoms with Gasteiger partial charge < -0.3 is 5.32 Å². The molecule has 2 N–H and O–H groups in total. The van der Waals surface area contributed by atoms with Gasteiger partial charge in [-0.25, -0.2) is 0 Å². The van der Waals surface area contributed by atoms with E-state index in [0.29, 0.717) is 16.6 Å². The third-order valence-electron chi connectivity index (χ3n) is 2.88. The number of rotatable bonds is 4. The van der Waals surface area contributed by atoms with E-state index in [4.69, 9.17) is 23.2 Å².